The molecule has 0 bridgehead atoms. The number of fused-ring (bicyclic) bond motifs is 1. The minimum absolute atomic E-state index is 0.0905. The zero-order valence-corrected chi connectivity index (χ0v) is 10.1. The molecule has 2 atom stereocenters. The van der Waals surface area contributed by atoms with Crippen molar-refractivity contribution in [2.45, 2.75) is 38.4 Å². The molecule has 3 nitrogen and oxygen atoms in total. The highest BCUT2D eigenvalue weighted by molar-refractivity contribution is 5.84. The fourth-order valence-corrected chi connectivity index (χ4v) is 2.97. The van der Waals surface area contributed by atoms with E-state index in [1.807, 2.05) is 0 Å². The van der Waals surface area contributed by atoms with Crippen LogP contribution in [-0.2, 0) is 4.79 Å². The maximum atomic E-state index is 11.9. The van der Waals surface area contributed by atoms with Gasteiger partial charge in [0.2, 0.25) is 5.91 Å². The molecule has 90 valence electrons. The molecule has 0 aromatic heterocycles. The smallest absolute Gasteiger partial charge is 0.238 e. The number of carbonyl (C=O) groups excluding carboxylic acids is 1. The minimum Gasteiger partial charge on any atom is -0.335 e. The lowest BCUT2D eigenvalue weighted by Crippen LogP contribution is -2.38. The van der Waals surface area contributed by atoms with E-state index in [2.05, 4.69) is 41.4 Å². The molecule has 2 aliphatic rings. The summed E-state index contributed by atoms with van der Waals surface area (Å²) in [6.07, 6.45) is 3.48. The fourth-order valence-electron chi connectivity index (χ4n) is 2.97. The van der Waals surface area contributed by atoms with Crippen molar-refractivity contribution in [3.8, 4) is 0 Å². The third-order valence-electron chi connectivity index (χ3n) is 3.82. The number of nitrogens with one attached hydrogen (secondary N) is 1. The summed E-state index contributed by atoms with van der Waals surface area (Å²) in [5.41, 5.74) is 2.46. The Morgan fingerprint density at radius 3 is 3.06 bits per heavy atom. The summed E-state index contributed by atoms with van der Waals surface area (Å²) >= 11 is 0. The topological polar surface area (TPSA) is 32.3 Å². The summed E-state index contributed by atoms with van der Waals surface area (Å²) in [6, 6.07) is 8.54. The van der Waals surface area contributed by atoms with Gasteiger partial charge in [0.25, 0.3) is 0 Å². The normalized spacial score (nSPS) is 28.9. The molecule has 3 rings (SSSR count). The maximum Gasteiger partial charge on any atom is 0.238 e. The summed E-state index contributed by atoms with van der Waals surface area (Å²) in [7, 11) is 0. The molecule has 1 N–H and O–H groups in total. The summed E-state index contributed by atoms with van der Waals surface area (Å²) in [6.45, 7) is 3.12. The number of hydrogen-bond acceptors (Lipinski definition) is 2. The van der Waals surface area contributed by atoms with Gasteiger partial charge in [-0.05, 0) is 25.3 Å². The first-order chi connectivity index (χ1) is 8.25. The lowest BCUT2D eigenvalue weighted by Gasteiger charge is -2.31. The van der Waals surface area contributed by atoms with Crippen LogP contribution < -0.4 is 5.32 Å². The van der Waals surface area contributed by atoms with Gasteiger partial charge in [0, 0.05) is 6.54 Å². The predicted molar refractivity (Wildman–Crippen MR) is 66.4 cm³/mol. The number of piperidine rings is 1. The lowest BCUT2D eigenvalue weighted by molar-refractivity contribution is -0.122. The predicted octanol–water partition coefficient (Wildman–Crippen LogP) is 1.98. The van der Waals surface area contributed by atoms with E-state index in [9.17, 15) is 4.79 Å². The number of carbonyl (C=O) groups is 1. The average molecular weight is 230 g/mol. The van der Waals surface area contributed by atoms with Crippen molar-refractivity contribution in [1.29, 1.82) is 0 Å². The summed E-state index contributed by atoms with van der Waals surface area (Å²) in [5, 5.41) is 3.13. The second-order valence-corrected chi connectivity index (χ2v) is 5.07. The molecule has 0 aliphatic carbocycles. The van der Waals surface area contributed by atoms with E-state index >= 15 is 0 Å². The van der Waals surface area contributed by atoms with Crippen LogP contribution in [0.1, 0.15) is 36.6 Å². The molecule has 2 fully saturated rings. The SMILES string of the molecule is Cc1cccc(C2NC(=O)C3CCCCN32)c1. The van der Waals surface area contributed by atoms with Crippen molar-refractivity contribution in [1.82, 2.24) is 10.2 Å². The lowest BCUT2D eigenvalue weighted by atomic mass is 10.0. The molecule has 1 aromatic rings. The van der Waals surface area contributed by atoms with Crippen LogP contribution in [-0.4, -0.2) is 23.4 Å². The Morgan fingerprint density at radius 2 is 2.24 bits per heavy atom. The van der Waals surface area contributed by atoms with E-state index in [0.717, 1.165) is 13.0 Å². The first kappa shape index (κ1) is 10.8. The van der Waals surface area contributed by atoms with Gasteiger partial charge in [-0.15, -0.1) is 0 Å². The Kier molecular flexibility index (Phi) is 2.63. The monoisotopic (exact) mass is 230 g/mol. The fraction of sp³-hybridized carbons (Fsp3) is 0.500. The molecule has 1 aromatic carbocycles. The van der Waals surface area contributed by atoms with Gasteiger partial charge in [-0.2, -0.15) is 0 Å². The van der Waals surface area contributed by atoms with Gasteiger partial charge in [0.15, 0.2) is 0 Å². The van der Waals surface area contributed by atoms with E-state index < -0.39 is 0 Å². The molecule has 2 heterocycles. The zero-order chi connectivity index (χ0) is 11.8. The molecular formula is C14H18N2O. The highest BCUT2D eigenvalue weighted by Crippen LogP contribution is 2.32. The first-order valence-electron chi connectivity index (χ1n) is 6.38. The quantitative estimate of drug-likeness (QED) is 0.800. The van der Waals surface area contributed by atoms with Gasteiger partial charge in [-0.3, -0.25) is 9.69 Å². The standard InChI is InChI=1S/C14H18N2O/c1-10-5-4-6-11(9-10)13-15-14(17)12-7-2-3-8-16(12)13/h4-6,9,12-13H,2-3,7-8H2,1H3,(H,15,17). The van der Waals surface area contributed by atoms with E-state index in [-0.39, 0.29) is 18.1 Å². The van der Waals surface area contributed by atoms with Crippen LogP contribution in [0.4, 0.5) is 0 Å². The highest BCUT2D eigenvalue weighted by Gasteiger charge is 2.41. The Morgan fingerprint density at radius 1 is 1.35 bits per heavy atom. The van der Waals surface area contributed by atoms with Crippen LogP contribution >= 0.6 is 0 Å². The Bertz CT molecular complexity index is 444. The van der Waals surface area contributed by atoms with Gasteiger partial charge in [0.1, 0.15) is 6.17 Å². The molecule has 3 heteroatoms. The average Bonchev–Trinajstić information content (AvgIpc) is 2.68. The molecule has 17 heavy (non-hydrogen) atoms. The molecule has 2 unspecified atom stereocenters. The van der Waals surface area contributed by atoms with E-state index in [0.29, 0.717) is 0 Å². The van der Waals surface area contributed by atoms with Crippen LogP contribution in [0, 0.1) is 6.92 Å². The number of hydrogen-bond donors (Lipinski definition) is 1. The molecule has 1 amide bonds. The molecule has 0 radical (unpaired) electrons. The molecule has 0 saturated carbocycles. The molecule has 2 aliphatic heterocycles. The summed E-state index contributed by atoms with van der Waals surface area (Å²) in [5.74, 6) is 0.205. The summed E-state index contributed by atoms with van der Waals surface area (Å²) < 4.78 is 0. The largest absolute Gasteiger partial charge is 0.335 e. The van der Waals surface area contributed by atoms with Gasteiger partial charge >= 0.3 is 0 Å². The third-order valence-corrected chi connectivity index (χ3v) is 3.82. The van der Waals surface area contributed by atoms with Gasteiger partial charge < -0.3 is 5.32 Å². The van der Waals surface area contributed by atoms with Crippen molar-refractivity contribution in [3.05, 3.63) is 35.4 Å². The second-order valence-electron chi connectivity index (χ2n) is 5.07. The molecular weight excluding hydrogens is 212 g/mol. The first-order valence-corrected chi connectivity index (χ1v) is 6.38. The third kappa shape index (κ3) is 1.84. The van der Waals surface area contributed by atoms with Crippen molar-refractivity contribution in [2.24, 2.45) is 0 Å². The van der Waals surface area contributed by atoms with Crippen LogP contribution in [0.25, 0.3) is 0 Å². The molecule has 2 saturated heterocycles. The van der Waals surface area contributed by atoms with Gasteiger partial charge in [-0.25, -0.2) is 0 Å². The maximum absolute atomic E-state index is 11.9. The highest BCUT2D eigenvalue weighted by atomic mass is 16.2. The van der Waals surface area contributed by atoms with Crippen molar-refractivity contribution >= 4 is 5.91 Å². The van der Waals surface area contributed by atoms with Crippen molar-refractivity contribution < 1.29 is 4.79 Å². The van der Waals surface area contributed by atoms with Crippen LogP contribution in [0.2, 0.25) is 0 Å². The van der Waals surface area contributed by atoms with Crippen molar-refractivity contribution in [3.63, 3.8) is 0 Å². The Balaban J connectivity index is 1.91. The minimum atomic E-state index is 0.0905. The number of benzene rings is 1. The van der Waals surface area contributed by atoms with E-state index in [1.54, 1.807) is 0 Å². The number of rotatable bonds is 1. The summed E-state index contributed by atoms with van der Waals surface area (Å²) in [4.78, 5) is 14.2. The zero-order valence-electron chi connectivity index (χ0n) is 10.1. The van der Waals surface area contributed by atoms with Crippen molar-refractivity contribution in [2.75, 3.05) is 6.54 Å². The number of aryl methyl sites for hydroxylation is 1. The van der Waals surface area contributed by atoms with Crippen LogP contribution in [0.15, 0.2) is 24.3 Å². The Labute approximate surface area is 102 Å². The van der Waals surface area contributed by atoms with Crippen LogP contribution in [0.5, 0.6) is 0 Å². The second kappa shape index (κ2) is 4.15. The van der Waals surface area contributed by atoms with Gasteiger partial charge in [0.05, 0.1) is 6.04 Å². The molecule has 0 spiro atoms. The van der Waals surface area contributed by atoms with Gasteiger partial charge in [-0.1, -0.05) is 36.2 Å². The van der Waals surface area contributed by atoms with E-state index in [1.165, 1.54) is 24.0 Å². The van der Waals surface area contributed by atoms with Crippen LogP contribution in [0.3, 0.4) is 0 Å². The Hall–Kier alpha value is -1.35. The number of amides is 1. The number of nitrogens with zero attached hydrogens (tertiary/aromatic N) is 1. The van der Waals surface area contributed by atoms with E-state index in [4.69, 9.17) is 0 Å².